The molecule has 0 saturated heterocycles. The number of carbonyl (C=O) groups excluding carboxylic acids is 1. The van der Waals surface area contributed by atoms with E-state index >= 15 is 0 Å². The van der Waals surface area contributed by atoms with Gasteiger partial charge in [-0.1, -0.05) is 5.92 Å². The Labute approximate surface area is 114 Å². The highest BCUT2D eigenvalue weighted by Crippen LogP contribution is 2.32. The first kappa shape index (κ1) is 15.4. The van der Waals surface area contributed by atoms with Crippen LogP contribution in [-0.4, -0.2) is 23.6 Å². The molecule has 20 heavy (non-hydrogen) atoms. The second-order valence-electron chi connectivity index (χ2n) is 4.31. The lowest BCUT2D eigenvalue weighted by Crippen LogP contribution is -2.26. The molecular weight excluding hydrogens is 269 g/mol. The summed E-state index contributed by atoms with van der Waals surface area (Å²) in [7, 11) is 1.06. The molecular formula is C13H12FNO5. The van der Waals surface area contributed by atoms with Crippen LogP contribution in [0.5, 0.6) is 5.75 Å². The minimum Gasteiger partial charge on any atom is -0.468 e. The van der Waals surface area contributed by atoms with Crippen molar-refractivity contribution < 1.29 is 23.6 Å². The fourth-order valence-electron chi connectivity index (χ4n) is 1.34. The van der Waals surface area contributed by atoms with Crippen LogP contribution in [-0.2, 0) is 4.74 Å². The van der Waals surface area contributed by atoms with Crippen molar-refractivity contribution in [2.45, 2.75) is 19.4 Å². The molecule has 0 unspecified atom stereocenters. The number of ether oxygens (including phenoxy) is 2. The maximum atomic E-state index is 13.6. The van der Waals surface area contributed by atoms with Gasteiger partial charge in [0.1, 0.15) is 5.82 Å². The number of hydrogen-bond acceptors (Lipinski definition) is 5. The van der Waals surface area contributed by atoms with Crippen LogP contribution < -0.4 is 4.74 Å². The minimum absolute atomic E-state index is 0.306. The molecule has 0 aliphatic heterocycles. The topological polar surface area (TPSA) is 78.7 Å². The zero-order valence-electron chi connectivity index (χ0n) is 11.1. The van der Waals surface area contributed by atoms with Gasteiger partial charge in [0.05, 0.1) is 23.7 Å². The van der Waals surface area contributed by atoms with E-state index in [0.29, 0.717) is 6.07 Å². The first-order valence-corrected chi connectivity index (χ1v) is 5.45. The van der Waals surface area contributed by atoms with E-state index in [1.165, 1.54) is 13.8 Å². The van der Waals surface area contributed by atoms with E-state index in [4.69, 9.17) is 11.2 Å². The first-order chi connectivity index (χ1) is 9.21. The number of hydrogen-bond donors (Lipinski definition) is 0. The average Bonchev–Trinajstić information content (AvgIpc) is 2.39. The Kier molecular flexibility index (Phi) is 4.30. The Bertz CT molecular complexity index is 604. The second kappa shape index (κ2) is 5.57. The predicted octanol–water partition coefficient (Wildman–Crippen LogP) is 2.31. The van der Waals surface area contributed by atoms with E-state index in [1.807, 2.05) is 0 Å². The van der Waals surface area contributed by atoms with Crippen LogP contribution in [0, 0.1) is 28.3 Å². The van der Waals surface area contributed by atoms with Crippen LogP contribution in [0.15, 0.2) is 12.1 Å². The van der Waals surface area contributed by atoms with Crippen LogP contribution in [0.2, 0.25) is 0 Å². The normalized spacial score (nSPS) is 10.6. The SMILES string of the molecule is C#CC(C)(C)Oc1cc(C(=O)OC)c(F)cc1[N+](=O)[O-]. The summed E-state index contributed by atoms with van der Waals surface area (Å²) in [6, 6.07) is 1.49. The lowest BCUT2D eigenvalue weighted by atomic mass is 10.1. The first-order valence-electron chi connectivity index (χ1n) is 5.45. The van der Waals surface area contributed by atoms with E-state index in [2.05, 4.69) is 10.7 Å². The van der Waals surface area contributed by atoms with Crippen molar-refractivity contribution in [2.75, 3.05) is 7.11 Å². The van der Waals surface area contributed by atoms with Gasteiger partial charge in [0.25, 0.3) is 0 Å². The summed E-state index contributed by atoms with van der Waals surface area (Å²) in [6.07, 6.45) is 5.22. The number of nitro groups is 1. The lowest BCUT2D eigenvalue weighted by molar-refractivity contribution is -0.386. The van der Waals surface area contributed by atoms with Crippen LogP contribution in [0.3, 0.4) is 0 Å². The molecule has 0 N–H and O–H groups in total. The minimum atomic E-state index is -1.16. The number of halogens is 1. The van der Waals surface area contributed by atoms with Gasteiger partial charge in [-0.3, -0.25) is 10.1 Å². The van der Waals surface area contributed by atoms with Crippen molar-refractivity contribution >= 4 is 11.7 Å². The molecule has 7 heteroatoms. The zero-order chi connectivity index (χ0) is 15.5. The largest absolute Gasteiger partial charge is 0.468 e. The summed E-state index contributed by atoms with van der Waals surface area (Å²) >= 11 is 0. The summed E-state index contributed by atoms with van der Waals surface area (Å²) < 4.78 is 23.3. The predicted molar refractivity (Wildman–Crippen MR) is 67.9 cm³/mol. The van der Waals surface area contributed by atoms with Crippen molar-refractivity contribution in [1.82, 2.24) is 0 Å². The van der Waals surface area contributed by atoms with Crippen molar-refractivity contribution in [2.24, 2.45) is 0 Å². The molecule has 0 radical (unpaired) electrons. The number of esters is 1. The maximum Gasteiger partial charge on any atom is 0.340 e. The summed E-state index contributed by atoms with van der Waals surface area (Å²) in [5.41, 5.74) is -2.25. The van der Waals surface area contributed by atoms with Crippen LogP contribution in [0.1, 0.15) is 24.2 Å². The third-order valence-electron chi connectivity index (χ3n) is 2.36. The van der Waals surface area contributed by atoms with Gasteiger partial charge in [0, 0.05) is 6.07 Å². The Morgan fingerprint density at radius 1 is 1.50 bits per heavy atom. The average molecular weight is 281 g/mol. The summed E-state index contributed by atoms with van der Waals surface area (Å²) in [4.78, 5) is 21.4. The van der Waals surface area contributed by atoms with Crippen LogP contribution in [0.25, 0.3) is 0 Å². The maximum absolute atomic E-state index is 13.6. The van der Waals surface area contributed by atoms with Gasteiger partial charge in [-0.05, 0) is 13.8 Å². The zero-order valence-corrected chi connectivity index (χ0v) is 11.1. The summed E-state index contributed by atoms with van der Waals surface area (Å²) in [5.74, 6) is -0.0734. The van der Waals surface area contributed by atoms with Gasteiger partial charge < -0.3 is 9.47 Å². The molecule has 0 atom stereocenters. The van der Waals surface area contributed by atoms with Crippen molar-refractivity contribution in [3.05, 3.63) is 33.6 Å². The molecule has 0 fully saturated rings. The van der Waals surface area contributed by atoms with Gasteiger partial charge in [-0.25, -0.2) is 9.18 Å². The van der Waals surface area contributed by atoms with Crippen molar-refractivity contribution in [3.63, 3.8) is 0 Å². The Morgan fingerprint density at radius 2 is 2.10 bits per heavy atom. The standard InChI is InChI=1S/C13H12FNO5/c1-5-13(2,3)20-11-6-8(12(16)19-4)9(14)7-10(11)15(17)18/h1,6-7H,2-4H3. The van der Waals surface area contributed by atoms with E-state index in [0.717, 1.165) is 13.2 Å². The number of carbonyl (C=O) groups is 1. The molecule has 106 valence electrons. The molecule has 0 aliphatic carbocycles. The highest BCUT2D eigenvalue weighted by Gasteiger charge is 2.27. The van der Waals surface area contributed by atoms with Gasteiger partial charge in [-0.2, -0.15) is 0 Å². The van der Waals surface area contributed by atoms with Gasteiger partial charge in [0.15, 0.2) is 11.4 Å². The second-order valence-corrected chi connectivity index (χ2v) is 4.31. The Morgan fingerprint density at radius 3 is 2.55 bits per heavy atom. The lowest BCUT2D eigenvalue weighted by Gasteiger charge is -2.20. The Hall–Kier alpha value is -2.62. The third-order valence-corrected chi connectivity index (χ3v) is 2.36. The fraction of sp³-hybridized carbons (Fsp3) is 0.308. The van der Waals surface area contributed by atoms with E-state index in [-0.39, 0.29) is 5.75 Å². The quantitative estimate of drug-likeness (QED) is 0.366. The van der Waals surface area contributed by atoms with E-state index in [1.54, 1.807) is 0 Å². The molecule has 0 amide bonds. The number of methoxy groups -OCH3 is 1. The number of rotatable bonds is 4. The van der Waals surface area contributed by atoms with E-state index in [9.17, 15) is 19.3 Å². The highest BCUT2D eigenvalue weighted by molar-refractivity contribution is 5.90. The van der Waals surface area contributed by atoms with Gasteiger partial charge in [0.2, 0.25) is 0 Å². The smallest absolute Gasteiger partial charge is 0.340 e. The van der Waals surface area contributed by atoms with Gasteiger partial charge in [-0.15, -0.1) is 6.42 Å². The number of terminal acetylenes is 1. The molecule has 0 spiro atoms. The monoisotopic (exact) mass is 281 g/mol. The molecule has 0 aromatic heterocycles. The molecule has 6 nitrogen and oxygen atoms in total. The Balaban J connectivity index is 3.43. The van der Waals surface area contributed by atoms with Crippen LogP contribution in [0.4, 0.5) is 10.1 Å². The molecule has 1 aromatic rings. The van der Waals surface area contributed by atoms with Crippen molar-refractivity contribution in [3.8, 4) is 18.1 Å². The summed E-state index contributed by atoms with van der Waals surface area (Å²) in [6.45, 7) is 3.00. The van der Waals surface area contributed by atoms with Crippen LogP contribution >= 0.6 is 0 Å². The van der Waals surface area contributed by atoms with E-state index < -0.39 is 33.6 Å². The summed E-state index contributed by atoms with van der Waals surface area (Å²) in [5, 5.41) is 10.9. The molecule has 0 saturated carbocycles. The molecule has 1 aromatic carbocycles. The van der Waals surface area contributed by atoms with Gasteiger partial charge >= 0.3 is 11.7 Å². The highest BCUT2D eigenvalue weighted by atomic mass is 19.1. The molecule has 0 heterocycles. The van der Waals surface area contributed by atoms with Crippen molar-refractivity contribution in [1.29, 1.82) is 0 Å². The number of nitrogens with zero attached hydrogens (tertiary/aromatic N) is 1. The molecule has 1 rings (SSSR count). The number of nitro benzene ring substituents is 1. The molecule has 0 bridgehead atoms. The third kappa shape index (κ3) is 3.23. The fourth-order valence-corrected chi connectivity index (χ4v) is 1.34. The molecule has 0 aliphatic rings. The number of benzene rings is 1.